The monoisotopic (exact) mass is 392 g/mol. The standard InChI is InChI=1S/C22H24N4O3/c1-29-17-8-6-16(7-9-17)22(28)26-14-12-25(13-15-26)21(27)11-10-20-23-18-4-2-3-5-19(18)24-20/h2-9H,10-15H2,1H3,(H,23,24). The lowest BCUT2D eigenvalue weighted by Crippen LogP contribution is -2.50. The van der Waals surface area contributed by atoms with Gasteiger partial charge in [0.2, 0.25) is 5.91 Å². The molecule has 0 bridgehead atoms. The number of nitrogens with one attached hydrogen (secondary N) is 1. The van der Waals surface area contributed by atoms with Crippen LogP contribution in [-0.2, 0) is 11.2 Å². The van der Waals surface area contributed by atoms with Gasteiger partial charge in [0, 0.05) is 44.6 Å². The molecule has 1 fully saturated rings. The number of carbonyl (C=O) groups is 2. The molecule has 1 saturated heterocycles. The maximum absolute atomic E-state index is 12.6. The smallest absolute Gasteiger partial charge is 0.253 e. The summed E-state index contributed by atoms with van der Waals surface area (Å²) in [7, 11) is 1.60. The number of methoxy groups -OCH3 is 1. The number of fused-ring (bicyclic) bond motifs is 1. The summed E-state index contributed by atoms with van der Waals surface area (Å²) in [6, 6.07) is 14.9. The molecule has 2 heterocycles. The lowest BCUT2D eigenvalue weighted by atomic mass is 10.1. The van der Waals surface area contributed by atoms with Crippen molar-refractivity contribution in [1.29, 1.82) is 0 Å². The van der Waals surface area contributed by atoms with Crippen LogP contribution >= 0.6 is 0 Å². The first-order chi connectivity index (χ1) is 14.1. The van der Waals surface area contributed by atoms with Gasteiger partial charge in [-0.1, -0.05) is 12.1 Å². The molecular weight excluding hydrogens is 368 g/mol. The van der Waals surface area contributed by atoms with Crippen LogP contribution in [0.2, 0.25) is 0 Å². The number of ether oxygens (including phenoxy) is 1. The van der Waals surface area contributed by atoms with E-state index < -0.39 is 0 Å². The molecule has 1 aromatic heterocycles. The number of aryl methyl sites for hydroxylation is 1. The molecular formula is C22H24N4O3. The van der Waals surface area contributed by atoms with E-state index in [1.807, 2.05) is 29.2 Å². The summed E-state index contributed by atoms with van der Waals surface area (Å²) in [6.45, 7) is 2.20. The van der Waals surface area contributed by atoms with Gasteiger partial charge in [0.1, 0.15) is 11.6 Å². The van der Waals surface area contributed by atoms with Crippen LogP contribution in [0.5, 0.6) is 5.75 Å². The maximum atomic E-state index is 12.6. The Labute approximate surface area is 169 Å². The van der Waals surface area contributed by atoms with Gasteiger partial charge in [-0.2, -0.15) is 0 Å². The van der Waals surface area contributed by atoms with E-state index in [2.05, 4.69) is 9.97 Å². The molecule has 150 valence electrons. The number of hydrogen-bond acceptors (Lipinski definition) is 4. The second-order valence-electron chi connectivity index (χ2n) is 7.10. The van der Waals surface area contributed by atoms with Crippen LogP contribution in [0.1, 0.15) is 22.6 Å². The highest BCUT2D eigenvalue weighted by Crippen LogP contribution is 2.15. The molecule has 0 spiro atoms. The molecule has 7 nitrogen and oxygen atoms in total. The number of nitrogens with zero attached hydrogens (tertiary/aromatic N) is 3. The minimum atomic E-state index is -0.0120. The molecule has 0 saturated carbocycles. The van der Waals surface area contributed by atoms with Crippen molar-refractivity contribution in [3.05, 3.63) is 59.9 Å². The van der Waals surface area contributed by atoms with Crippen molar-refractivity contribution in [2.45, 2.75) is 12.8 Å². The molecule has 0 radical (unpaired) electrons. The zero-order valence-electron chi connectivity index (χ0n) is 16.4. The third-order valence-electron chi connectivity index (χ3n) is 5.27. The Hall–Kier alpha value is -3.35. The molecule has 29 heavy (non-hydrogen) atoms. The molecule has 1 aliphatic heterocycles. The summed E-state index contributed by atoms with van der Waals surface area (Å²) in [4.78, 5) is 36.6. The molecule has 7 heteroatoms. The van der Waals surface area contributed by atoms with Crippen LogP contribution in [0.15, 0.2) is 48.5 Å². The van der Waals surface area contributed by atoms with Crippen LogP contribution in [0, 0.1) is 0 Å². The van der Waals surface area contributed by atoms with Gasteiger partial charge in [-0.05, 0) is 36.4 Å². The van der Waals surface area contributed by atoms with Crippen molar-refractivity contribution in [2.24, 2.45) is 0 Å². The van der Waals surface area contributed by atoms with Crippen molar-refractivity contribution in [3.63, 3.8) is 0 Å². The first-order valence-corrected chi connectivity index (χ1v) is 9.79. The van der Waals surface area contributed by atoms with Gasteiger partial charge in [0.25, 0.3) is 5.91 Å². The third-order valence-corrected chi connectivity index (χ3v) is 5.27. The Balaban J connectivity index is 1.28. The first kappa shape index (κ1) is 19.0. The highest BCUT2D eigenvalue weighted by Gasteiger charge is 2.24. The van der Waals surface area contributed by atoms with E-state index in [0.29, 0.717) is 44.6 Å². The molecule has 3 aromatic rings. The quantitative estimate of drug-likeness (QED) is 0.724. The fourth-order valence-electron chi connectivity index (χ4n) is 3.58. The van der Waals surface area contributed by atoms with Gasteiger partial charge in [-0.3, -0.25) is 9.59 Å². The predicted molar refractivity (Wildman–Crippen MR) is 110 cm³/mol. The van der Waals surface area contributed by atoms with Crippen LogP contribution in [0.4, 0.5) is 0 Å². The average Bonchev–Trinajstić information content (AvgIpc) is 3.20. The van der Waals surface area contributed by atoms with Crippen molar-refractivity contribution in [2.75, 3.05) is 33.3 Å². The van der Waals surface area contributed by atoms with E-state index in [-0.39, 0.29) is 11.8 Å². The van der Waals surface area contributed by atoms with Gasteiger partial charge in [-0.25, -0.2) is 4.98 Å². The van der Waals surface area contributed by atoms with E-state index in [9.17, 15) is 9.59 Å². The minimum Gasteiger partial charge on any atom is -0.497 e. The Bertz CT molecular complexity index is 971. The van der Waals surface area contributed by atoms with Crippen molar-refractivity contribution >= 4 is 22.8 Å². The predicted octanol–water partition coefficient (Wildman–Crippen LogP) is 2.49. The largest absolute Gasteiger partial charge is 0.497 e. The van der Waals surface area contributed by atoms with E-state index in [1.54, 1.807) is 36.3 Å². The highest BCUT2D eigenvalue weighted by molar-refractivity contribution is 5.94. The molecule has 0 atom stereocenters. The van der Waals surface area contributed by atoms with Gasteiger partial charge < -0.3 is 19.5 Å². The van der Waals surface area contributed by atoms with Gasteiger partial charge in [-0.15, -0.1) is 0 Å². The molecule has 0 unspecified atom stereocenters. The number of aromatic nitrogens is 2. The average molecular weight is 392 g/mol. The van der Waals surface area contributed by atoms with Crippen LogP contribution in [0.3, 0.4) is 0 Å². The molecule has 1 aliphatic rings. The fraction of sp³-hybridized carbons (Fsp3) is 0.318. The van der Waals surface area contributed by atoms with Crippen molar-refractivity contribution in [3.8, 4) is 5.75 Å². The summed E-state index contributed by atoms with van der Waals surface area (Å²) < 4.78 is 5.13. The summed E-state index contributed by atoms with van der Waals surface area (Å²) >= 11 is 0. The normalized spacial score (nSPS) is 14.2. The highest BCUT2D eigenvalue weighted by atomic mass is 16.5. The number of hydrogen-bond donors (Lipinski definition) is 1. The second-order valence-corrected chi connectivity index (χ2v) is 7.10. The maximum Gasteiger partial charge on any atom is 0.253 e. The summed E-state index contributed by atoms with van der Waals surface area (Å²) in [5, 5.41) is 0. The topological polar surface area (TPSA) is 78.5 Å². The third kappa shape index (κ3) is 4.23. The zero-order valence-corrected chi connectivity index (χ0v) is 16.4. The van der Waals surface area contributed by atoms with E-state index in [0.717, 1.165) is 22.6 Å². The van der Waals surface area contributed by atoms with Gasteiger partial charge in [0.05, 0.1) is 18.1 Å². The lowest BCUT2D eigenvalue weighted by molar-refractivity contribution is -0.132. The fourth-order valence-corrected chi connectivity index (χ4v) is 3.58. The second kappa shape index (κ2) is 8.34. The summed E-state index contributed by atoms with van der Waals surface area (Å²) in [5.74, 6) is 1.64. The number of piperazine rings is 1. The zero-order chi connectivity index (χ0) is 20.2. The molecule has 1 N–H and O–H groups in total. The van der Waals surface area contributed by atoms with Gasteiger partial charge >= 0.3 is 0 Å². The minimum absolute atomic E-state index is 0.0120. The molecule has 2 aromatic carbocycles. The molecule has 4 rings (SSSR count). The Morgan fingerprint density at radius 1 is 1.00 bits per heavy atom. The van der Waals surface area contributed by atoms with Crippen molar-refractivity contribution in [1.82, 2.24) is 19.8 Å². The Morgan fingerprint density at radius 2 is 1.69 bits per heavy atom. The number of carbonyl (C=O) groups excluding carboxylic acids is 2. The Kier molecular flexibility index (Phi) is 5.46. The number of rotatable bonds is 5. The first-order valence-electron chi connectivity index (χ1n) is 9.79. The number of aromatic amines is 1. The SMILES string of the molecule is COc1ccc(C(=O)N2CCN(C(=O)CCc3nc4ccccc4[nH]3)CC2)cc1. The van der Waals surface area contributed by atoms with Crippen LogP contribution in [-0.4, -0.2) is 64.9 Å². The van der Waals surface area contributed by atoms with Crippen molar-refractivity contribution < 1.29 is 14.3 Å². The van der Waals surface area contributed by atoms with E-state index in [4.69, 9.17) is 4.74 Å². The van der Waals surface area contributed by atoms with Crippen LogP contribution < -0.4 is 4.74 Å². The van der Waals surface area contributed by atoms with Gasteiger partial charge in [0.15, 0.2) is 0 Å². The summed E-state index contributed by atoms with van der Waals surface area (Å²) in [6.07, 6.45) is 0.991. The molecule has 0 aliphatic carbocycles. The summed E-state index contributed by atoms with van der Waals surface area (Å²) in [5.41, 5.74) is 2.54. The number of H-pyrrole nitrogens is 1. The van der Waals surface area contributed by atoms with E-state index >= 15 is 0 Å². The number of para-hydroxylation sites is 2. The Morgan fingerprint density at radius 3 is 2.38 bits per heavy atom. The number of imidazole rings is 1. The molecule has 2 amide bonds. The van der Waals surface area contributed by atoms with E-state index in [1.165, 1.54) is 0 Å². The number of benzene rings is 2. The van der Waals surface area contributed by atoms with Crippen LogP contribution in [0.25, 0.3) is 11.0 Å². The lowest BCUT2D eigenvalue weighted by Gasteiger charge is -2.35. The number of amides is 2.